The third-order valence-corrected chi connectivity index (χ3v) is 3.48. The first-order valence-corrected chi connectivity index (χ1v) is 7.58. The molecule has 0 aromatic rings. The Balaban J connectivity index is 2.40. The largest absolute Gasteiger partial charge is 0.444 e. The summed E-state index contributed by atoms with van der Waals surface area (Å²) in [7, 11) is 0. The minimum Gasteiger partial charge on any atom is -0.444 e. The van der Waals surface area contributed by atoms with Crippen LogP contribution in [0.4, 0.5) is 4.79 Å². The standard InChI is InChI=1S/C13H24BrNO2/c1-13(2,3)17-12(16)15-9-5-7-11(10-15)6-4-8-14/h11H,4-10H2,1-3H3/t11-/m0/s1. The number of hydrogen-bond acceptors (Lipinski definition) is 2. The van der Waals surface area contributed by atoms with Gasteiger partial charge in [0.15, 0.2) is 0 Å². The molecule has 0 bridgehead atoms. The molecule has 0 spiro atoms. The highest BCUT2D eigenvalue weighted by Gasteiger charge is 2.27. The van der Waals surface area contributed by atoms with E-state index in [1.165, 1.54) is 19.3 Å². The number of amides is 1. The van der Waals surface area contributed by atoms with Gasteiger partial charge in [0.2, 0.25) is 0 Å². The SMILES string of the molecule is CC(C)(C)OC(=O)N1CCC[C@H](CCCBr)C1. The predicted octanol–water partition coefficient (Wildman–Crippen LogP) is 3.81. The zero-order valence-electron chi connectivity index (χ0n) is 11.2. The number of likely N-dealkylation sites (tertiary alicyclic amines) is 1. The second-order valence-electron chi connectivity index (χ2n) is 5.77. The molecule has 1 fully saturated rings. The van der Waals surface area contributed by atoms with Gasteiger partial charge in [-0.2, -0.15) is 0 Å². The lowest BCUT2D eigenvalue weighted by atomic mass is 9.94. The van der Waals surface area contributed by atoms with Crippen LogP contribution in [0.5, 0.6) is 0 Å². The quantitative estimate of drug-likeness (QED) is 0.742. The van der Waals surface area contributed by atoms with E-state index in [1.807, 2.05) is 25.7 Å². The topological polar surface area (TPSA) is 29.5 Å². The van der Waals surface area contributed by atoms with Gasteiger partial charge >= 0.3 is 6.09 Å². The summed E-state index contributed by atoms with van der Waals surface area (Å²) in [5, 5.41) is 1.05. The molecule has 100 valence electrons. The van der Waals surface area contributed by atoms with Crippen molar-refractivity contribution in [2.24, 2.45) is 5.92 Å². The summed E-state index contributed by atoms with van der Waals surface area (Å²) in [6, 6.07) is 0. The number of carbonyl (C=O) groups excluding carboxylic acids is 1. The fourth-order valence-electron chi connectivity index (χ4n) is 2.16. The van der Waals surface area contributed by atoms with Crippen LogP contribution >= 0.6 is 15.9 Å². The van der Waals surface area contributed by atoms with Crippen LogP contribution < -0.4 is 0 Å². The Kier molecular flexibility index (Phi) is 5.77. The molecule has 1 amide bonds. The van der Waals surface area contributed by atoms with Crippen LogP contribution in [0, 0.1) is 5.92 Å². The second-order valence-corrected chi connectivity index (χ2v) is 6.56. The molecule has 1 saturated heterocycles. The first-order chi connectivity index (χ1) is 7.92. The molecule has 0 radical (unpaired) electrons. The number of rotatable bonds is 3. The van der Waals surface area contributed by atoms with Gasteiger partial charge in [0.05, 0.1) is 0 Å². The van der Waals surface area contributed by atoms with Crippen molar-refractivity contribution in [3.05, 3.63) is 0 Å². The first kappa shape index (κ1) is 14.8. The average Bonchev–Trinajstić information content (AvgIpc) is 2.24. The Hall–Kier alpha value is -0.250. The van der Waals surface area contributed by atoms with Crippen LogP contribution in [-0.4, -0.2) is 35.0 Å². The van der Waals surface area contributed by atoms with Gasteiger partial charge in [-0.1, -0.05) is 15.9 Å². The van der Waals surface area contributed by atoms with Crippen LogP contribution in [0.1, 0.15) is 46.5 Å². The van der Waals surface area contributed by atoms with Crippen molar-refractivity contribution in [3.63, 3.8) is 0 Å². The maximum atomic E-state index is 11.9. The Morgan fingerprint density at radius 2 is 2.18 bits per heavy atom. The lowest BCUT2D eigenvalue weighted by Crippen LogP contribution is -2.42. The number of alkyl halides is 1. The van der Waals surface area contributed by atoms with E-state index in [2.05, 4.69) is 15.9 Å². The third kappa shape index (κ3) is 5.75. The highest BCUT2D eigenvalue weighted by Crippen LogP contribution is 2.22. The molecule has 1 aliphatic heterocycles. The van der Waals surface area contributed by atoms with E-state index in [0.29, 0.717) is 5.92 Å². The molecule has 17 heavy (non-hydrogen) atoms. The lowest BCUT2D eigenvalue weighted by molar-refractivity contribution is 0.0161. The summed E-state index contributed by atoms with van der Waals surface area (Å²) >= 11 is 3.45. The molecule has 1 aliphatic rings. The molecule has 4 heteroatoms. The van der Waals surface area contributed by atoms with Crippen molar-refractivity contribution in [1.29, 1.82) is 0 Å². The Bertz CT molecular complexity index is 250. The maximum absolute atomic E-state index is 11.9. The number of nitrogens with zero attached hydrogens (tertiary/aromatic N) is 1. The van der Waals surface area contributed by atoms with Gasteiger partial charge in [-0.3, -0.25) is 0 Å². The molecule has 1 atom stereocenters. The maximum Gasteiger partial charge on any atom is 0.410 e. The summed E-state index contributed by atoms with van der Waals surface area (Å²) in [5.74, 6) is 0.647. The van der Waals surface area contributed by atoms with Gasteiger partial charge in [0.1, 0.15) is 5.60 Å². The summed E-state index contributed by atoms with van der Waals surface area (Å²) in [5.41, 5.74) is -0.389. The van der Waals surface area contributed by atoms with Crippen molar-refractivity contribution < 1.29 is 9.53 Å². The number of halogens is 1. The monoisotopic (exact) mass is 305 g/mol. The molecule has 0 aromatic carbocycles. The van der Waals surface area contributed by atoms with E-state index < -0.39 is 0 Å². The van der Waals surface area contributed by atoms with E-state index in [0.717, 1.165) is 24.8 Å². The average molecular weight is 306 g/mol. The summed E-state index contributed by atoms with van der Waals surface area (Å²) in [6.07, 6.45) is 4.58. The smallest absolute Gasteiger partial charge is 0.410 e. The van der Waals surface area contributed by atoms with E-state index >= 15 is 0 Å². The van der Waals surface area contributed by atoms with Gasteiger partial charge in [0, 0.05) is 18.4 Å². The van der Waals surface area contributed by atoms with Crippen molar-refractivity contribution in [1.82, 2.24) is 4.90 Å². The van der Waals surface area contributed by atoms with Crippen molar-refractivity contribution >= 4 is 22.0 Å². The zero-order chi connectivity index (χ0) is 12.9. The van der Waals surface area contributed by atoms with Crippen LogP contribution in [0.25, 0.3) is 0 Å². The van der Waals surface area contributed by atoms with Crippen LogP contribution in [0.2, 0.25) is 0 Å². The van der Waals surface area contributed by atoms with Gasteiger partial charge in [-0.05, 0) is 52.4 Å². The molecule has 0 N–H and O–H groups in total. The summed E-state index contributed by atoms with van der Waals surface area (Å²) in [6.45, 7) is 7.45. The van der Waals surface area contributed by atoms with Gasteiger partial charge < -0.3 is 9.64 Å². The molecular weight excluding hydrogens is 282 g/mol. The molecule has 1 heterocycles. The van der Waals surface area contributed by atoms with Gasteiger partial charge in [0.25, 0.3) is 0 Å². The van der Waals surface area contributed by atoms with E-state index in [9.17, 15) is 4.79 Å². The van der Waals surface area contributed by atoms with Gasteiger partial charge in [-0.15, -0.1) is 0 Å². The van der Waals surface area contributed by atoms with E-state index in [1.54, 1.807) is 0 Å². The van der Waals surface area contributed by atoms with Crippen molar-refractivity contribution in [2.45, 2.75) is 52.1 Å². The lowest BCUT2D eigenvalue weighted by Gasteiger charge is -2.34. The molecule has 0 aliphatic carbocycles. The van der Waals surface area contributed by atoms with Crippen LogP contribution in [-0.2, 0) is 4.74 Å². The number of piperidine rings is 1. The van der Waals surface area contributed by atoms with Crippen LogP contribution in [0.3, 0.4) is 0 Å². The van der Waals surface area contributed by atoms with Crippen molar-refractivity contribution in [3.8, 4) is 0 Å². The van der Waals surface area contributed by atoms with E-state index in [4.69, 9.17) is 4.74 Å². The molecular formula is C13H24BrNO2. The third-order valence-electron chi connectivity index (χ3n) is 2.92. The first-order valence-electron chi connectivity index (χ1n) is 6.46. The highest BCUT2D eigenvalue weighted by molar-refractivity contribution is 9.09. The molecule has 0 unspecified atom stereocenters. The minimum atomic E-state index is -0.389. The number of carbonyl (C=O) groups is 1. The van der Waals surface area contributed by atoms with Crippen LogP contribution in [0.15, 0.2) is 0 Å². The predicted molar refractivity (Wildman–Crippen MR) is 73.6 cm³/mol. The number of hydrogen-bond donors (Lipinski definition) is 0. The Morgan fingerprint density at radius 1 is 1.47 bits per heavy atom. The van der Waals surface area contributed by atoms with Crippen molar-refractivity contribution in [2.75, 3.05) is 18.4 Å². The molecule has 0 aromatic heterocycles. The Morgan fingerprint density at radius 3 is 2.76 bits per heavy atom. The summed E-state index contributed by atoms with van der Waals surface area (Å²) < 4.78 is 5.41. The molecule has 3 nitrogen and oxygen atoms in total. The Labute approximate surface area is 113 Å². The summed E-state index contributed by atoms with van der Waals surface area (Å²) in [4.78, 5) is 13.8. The fourth-order valence-corrected chi connectivity index (χ4v) is 2.48. The minimum absolute atomic E-state index is 0.152. The second kappa shape index (κ2) is 6.62. The van der Waals surface area contributed by atoms with E-state index in [-0.39, 0.29) is 11.7 Å². The fraction of sp³-hybridized carbons (Fsp3) is 0.923. The normalized spacial score (nSPS) is 21.4. The number of ether oxygens (including phenoxy) is 1. The highest BCUT2D eigenvalue weighted by atomic mass is 79.9. The molecule has 0 saturated carbocycles. The molecule has 1 rings (SSSR count). The van der Waals surface area contributed by atoms with Gasteiger partial charge in [-0.25, -0.2) is 4.79 Å². The zero-order valence-corrected chi connectivity index (χ0v) is 12.8.